The Kier molecular flexibility index (Phi) is 2.85. The van der Waals surface area contributed by atoms with Crippen LogP contribution < -0.4 is 5.32 Å². The van der Waals surface area contributed by atoms with Crippen LogP contribution in [0.1, 0.15) is 17.2 Å². The van der Waals surface area contributed by atoms with Crippen LogP contribution in [0, 0.1) is 13.8 Å². The molecule has 0 radical (unpaired) electrons. The first-order chi connectivity index (χ1) is 7.66. The number of aryl methyl sites for hydroxylation is 3. The van der Waals surface area contributed by atoms with Crippen LogP contribution >= 0.6 is 0 Å². The first-order valence-corrected chi connectivity index (χ1v) is 5.17. The molecular formula is C11H15N5. The topological polar surface area (TPSA) is 55.6 Å². The van der Waals surface area contributed by atoms with Gasteiger partial charge in [-0.05, 0) is 13.8 Å². The van der Waals surface area contributed by atoms with Crippen molar-refractivity contribution in [3.63, 3.8) is 0 Å². The Labute approximate surface area is 94.6 Å². The van der Waals surface area contributed by atoms with Gasteiger partial charge in [0.15, 0.2) is 0 Å². The van der Waals surface area contributed by atoms with E-state index in [1.807, 2.05) is 31.7 Å². The predicted molar refractivity (Wildman–Crippen MR) is 62.0 cm³/mol. The monoisotopic (exact) mass is 217 g/mol. The summed E-state index contributed by atoms with van der Waals surface area (Å²) in [6, 6.07) is 0. The molecule has 0 unspecified atom stereocenters. The van der Waals surface area contributed by atoms with Crippen LogP contribution in [0.15, 0.2) is 18.6 Å². The average molecular weight is 217 g/mol. The summed E-state index contributed by atoms with van der Waals surface area (Å²) in [5.74, 6) is 1.80. The summed E-state index contributed by atoms with van der Waals surface area (Å²) in [7, 11) is 1.97. The normalized spacial score (nSPS) is 10.4. The van der Waals surface area contributed by atoms with Gasteiger partial charge in [0.1, 0.15) is 11.6 Å². The Balaban J connectivity index is 2.10. The first kappa shape index (κ1) is 10.6. The number of hydrogen-bond donors (Lipinski definition) is 1. The molecule has 1 N–H and O–H groups in total. The van der Waals surface area contributed by atoms with Crippen molar-refractivity contribution in [2.24, 2.45) is 7.05 Å². The van der Waals surface area contributed by atoms with Crippen LogP contribution in [0.25, 0.3) is 0 Å². The van der Waals surface area contributed by atoms with Gasteiger partial charge in [-0.15, -0.1) is 0 Å². The molecule has 0 atom stereocenters. The van der Waals surface area contributed by atoms with E-state index in [9.17, 15) is 0 Å². The fourth-order valence-electron chi connectivity index (χ4n) is 1.43. The number of nitrogens with zero attached hydrogens (tertiary/aromatic N) is 4. The van der Waals surface area contributed by atoms with Gasteiger partial charge in [-0.1, -0.05) is 0 Å². The lowest BCUT2D eigenvalue weighted by molar-refractivity contribution is 0.808. The van der Waals surface area contributed by atoms with E-state index < -0.39 is 0 Å². The molecule has 0 fully saturated rings. The van der Waals surface area contributed by atoms with Gasteiger partial charge in [0.25, 0.3) is 0 Å². The van der Waals surface area contributed by atoms with Crippen molar-refractivity contribution in [2.75, 3.05) is 5.32 Å². The van der Waals surface area contributed by atoms with Crippen LogP contribution in [0.3, 0.4) is 0 Å². The molecule has 0 aliphatic rings. The van der Waals surface area contributed by atoms with E-state index in [4.69, 9.17) is 0 Å². The molecule has 84 valence electrons. The zero-order valence-electron chi connectivity index (χ0n) is 9.73. The van der Waals surface area contributed by atoms with Gasteiger partial charge in [-0.2, -0.15) is 0 Å². The summed E-state index contributed by atoms with van der Waals surface area (Å²) in [6.45, 7) is 4.52. The van der Waals surface area contributed by atoms with E-state index >= 15 is 0 Å². The smallest absolute Gasteiger partial charge is 0.148 e. The number of rotatable bonds is 3. The molecule has 5 nitrogen and oxygen atoms in total. The number of nitrogens with one attached hydrogen (secondary N) is 1. The van der Waals surface area contributed by atoms with Crippen molar-refractivity contribution >= 4 is 5.82 Å². The van der Waals surface area contributed by atoms with Crippen molar-refractivity contribution in [1.82, 2.24) is 19.5 Å². The predicted octanol–water partition coefficient (Wildman–Crippen LogP) is 1.44. The Bertz CT molecular complexity index is 489. The molecule has 2 aromatic rings. The second-order valence-electron chi connectivity index (χ2n) is 3.75. The number of imidazole rings is 1. The second kappa shape index (κ2) is 4.30. The van der Waals surface area contributed by atoms with Gasteiger partial charge in [0.05, 0.1) is 17.9 Å². The van der Waals surface area contributed by atoms with E-state index in [2.05, 4.69) is 20.3 Å². The fourth-order valence-corrected chi connectivity index (χ4v) is 1.43. The molecule has 0 aromatic carbocycles. The van der Waals surface area contributed by atoms with Gasteiger partial charge >= 0.3 is 0 Å². The average Bonchev–Trinajstić information content (AvgIpc) is 2.66. The quantitative estimate of drug-likeness (QED) is 0.845. The first-order valence-electron chi connectivity index (χ1n) is 5.17. The number of hydrogen-bond acceptors (Lipinski definition) is 4. The van der Waals surface area contributed by atoms with Crippen LogP contribution in [0.4, 0.5) is 5.82 Å². The molecule has 0 saturated carbocycles. The molecule has 0 bridgehead atoms. The lowest BCUT2D eigenvalue weighted by Crippen LogP contribution is -2.09. The minimum absolute atomic E-state index is 0.655. The highest BCUT2D eigenvalue weighted by atomic mass is 15.1. The summed E-state index contributed by atoms with van der Waals surface area (Å²) < 4.78 is 1.98. The van der Waals surface area contributed by atoms with Crippen molar-refractivity contribution in [3.8, 4) is 0 Å². The van der Waals surface area contributed by atoms with Gasteiger partial charge in [0.2, 0.25) is 0 Å². The van der Waals surface area contributed by atoms with Gasteiger partial charge in [0, 0.05) is 25.6 Å². The maximum atomic E-state index is 4.39. The minimum atomic E-state index is 0.655. The summed E-state index contributed by atoms with van der Waals surface area (Å²) in [6.07, 6.45) is 5.47. The van der Waals surface area contributed by atoms with Crippen molar-refractivity contribution < 1.29 is 0 Å². The molecule has 0 saturated heterocycles. The summed E-state index contributed by atoms with van der Waals surface area (Å²) in [5, 5.41) is 3.24. The number of anilines is 1. The molecule has 0 amide bonds. The molecule has 2 rings (SSSR count). The van der Waals surface area contributed by atoms with E-state index in [-0.39, 0.29) is 0 Å². The molecule has 2 aromatic heterocycles. The second-order valence-corrected chi connectivity index (χ2v) is 3.75. The molecule has 0 aliphatic carbocycles. The fraction of sp³-hybridized carbons (Fsp3) is 0.364. The van der Waals surface area contributed by atoms with E-state index in [0.717, 1.165) is 23.0 Å². The maximum Gasteiger partial charge on any atom is 0.148 e. The molecule has 16 heavy (non-hydrogen) atoms. The molecule has 2 heterocycles. The van der Waals surface area contributed by atoms with E-state index in [0.29, 0.717) is 6.54 Å². The highest BCUT2D eigenvalue weighted by molar-refractivity contribution is 5.39. The van der Waals surface area contributed by atoms with Crippen LogP contribution in [0.2, 0.25) is 0 Å². The Morgan fingerprint density at radius 3 is 2.81 bits per heavy atom. The number of aromatic nitrogens is 4. The third-order valence-corrected chi connectivity index (χ3v) is 2.41. The van der Waals surface area contributed by atoms with E-state index in [1.54, 1.807) is 12.4 Å². The zero-order chi connectivity index (χ0) is 11.5. The van der Waals surface area contributed by atoms with Crippen molar-refractivity contribution in [3.05, 3.63) is 35.8 Å². The Morgan fingerprint density at radius 1 is 1.31 bits per heavy atom. The molecular weight excluding hydrogens is 202 g/mol. The van der Waals surface area contributed by atoms with Gasteiger partial charge in [-0.3, -0.25) is 4.98 Å². The third kappa shape index (κ3) is 2.18. The Hall–Kier alpha value is -1.91. The lowest BCUT2D eigenvalue weighted by atomic mass is 10.4. The standard InChI is InChI=1S/C11H15N5/c1-8-6-13-9(2)11(15-8)14-7-10-12-4-5-16(10)3/h4-6H,7H2,1-3H3,(H,14,15). The summed E-state index contributed by atoms with van der Waals surface area (Å²) in [4.78, 5) is 12.9. The maximum absolute atomic E-state index is 4.39. The molecule has 0 aliphatic heterocycles. The van der Waals surface area contributed by atoms with Gasteiger partial charge < -0.3 is 9.88 Å². The third-order valence-electron chi connectivity index (χ3n) is 2.41. The molecule has 5 heteroatoms. The Morgan fingerprint density at radius 2 is 2.12 bits per heavy atom. The lowest BCUT2D eigenvalue weighted by Gasteiger charge is -2.08. The van der Waals surface area contributed by atoms with Crippen LogP contribution in [-0.4, -0.2) is 19.5 Å². The van der Waals surface area contributed by atoms with Crippen molar-refractivity contribution in [1.29, 1.82) is 0 Å². The van der Waals surface area contributed by atoms with Crippen LogP contribution in [0.5, 0.6) is 0 Å². The summed E-state index contributed by atoms with van der Waals surface area (Å²) in [5.41, 5.74) is 1.81. The highest BCUT2D eigenvalue weighted by Gasteiger charge is 2.03. The zero-order valence-corrected chi connectivity index (χ0v) is 9.73. The minimum Gasteiger partial charge on any atom is -0.361 e. The van der Waals surface area contributed by atoms with E-state index in [1.165, 1.54) is 0 Å². The summed E-state index contributed by atoms with van der Waals surface area (Å²) >= 11 is 0. The largest absolute Gasteiger partial charge is 0.361 e. The molecule has 0 spiro atoms. The van der Waals surface area contributed by atoms with Gasteiger partial charge in [-0.25, -0.2) is 9.97 Å². The van der Waals surface area contributed by atoms with Crippen LogP contribution in [-0.2, 0) is 13.6 Å². The highest BCUT2D eigenvalue weighted by Crippen LogP contribution is 2.09. The van der Waals surface area contributed by atoms with Crippen molar-refractivity contribution in [2.45, 2.75) is 20.4 Å². The SMILES string of the molecule is Cc1cnc(C)c(NCc2nccn2C)n1.